The molecule has 0 rings (SSSR count). The molecule has 0 aliphatic heterocycles. The molecule has 0 saturated carbocycles. The van der Waals surface area contributed by atoms with E-state index in [1.54, 1.807) is 0 Å². The van der Waals surface area contributed by atoms with Crippen molar-refractivity contribution < 1.29 is 39.6 Å². The molecule has 4 N–H and O–H groups in total. The highest BCUT2D eigenvalue weighted by Crippen LogP contribution is 2.10. The summed E-state index contributed by atoms with van der Waals surface area (Å²) in [6.45, 7) is -0.307. The van der Waals surface area contributed by atoms with Gasteiger partial charge in [-0.05, 0) is 6.42 Å². The van der Waals surface area contributed by atoms with Crippen molar-refractivity contribution in [1.82, 2.24) is 4.90 Å². The van der Waals surface area contributed by atoms with Crippen LogP contribution in [-0.4, -0.2) is 68.3 Å². The number of aliphatic carboxylic acids is 4. The Morgan fingerprint density at radius 2 is 1.15 bits per heavy atom. The topological polar surface area (TPSA) is 152 Å². The van der Waals surface area contributed by atoms with Crippen LogP contribution in [0.4, 0.5) is 0 Å². The van der Waals surface area contributed by atoms with E-state index >= 15 is 0 Å². The molecule has 9 heteroatoms. The van der Waals surface area contributed by atoms with Crippen molar-refractivity contribution in [3.63, 3.8) is 0 Å². The molecule has 0 bridgehead atoms. The van der Waals surface area contributed by atoms with Crippen LogP contribution in [0.1, 0.15) is 25.7 Å². The summed E-state index contributed by atoms with van der Waals surface area (Å²) >= 11 is 0. The van der Waals surface area contributed by atoms with Crippen LogP contribution in [0.3, 0.4) is 0 Å². The van der Waals surface area contributed by atoms with Gasteiger partial charge >= 0.3 is 23.9 Å². The molecule has 0 aromatic heterocycles. The molecule has 0 aromatic carbocycles. The Hall–Kier alpha value is -2.16. The molecule has 0 radical (unpaired) electrons. The van der Waals surface area contributed by atoms with Gasteiger partial charge in [0.25, 0.3) is 0 Å². The van der Waals surface area contributed by atoms with Crippen LogP contribution in [-0.2, 0) is 19.2 Å². The molecule has 20 heavy (non-hydrogen) atoms. The second-order valence-corrected chi connectivity index (χ2v) is 4.11. The van der Waals surface area contributed by atoms with Crippen LogP contribution < -0.4 is 0 Å². The van der Waals surface area contributed by atoms with Crippen molar-refractivity contribution in [3.8, 4) is 0 Å². The number of hydrogen-bond donors (Lipinski definition) is 4. The second kappa shape index (κ2) is 8.86. The normalized spacial score (nSPS) is 12.1. The van der Waals surface area contributed by atoms with Gasteiger partial charge in [-0.3, -0.25) is 24.1 Å². The molecule has 0 saturated heterocycles. The van der Waals surface area contributed by atoms with Crippen LogP contribution in [0, 0.1) is 0 Å². The van der Waals surface area contributed by atoms with Crippen molar-refractivity contribution in [2.45, 2.75) is 31.7 Å². The number of carboxylic acids is 4. The van der Waals surface area contributed by atoms with Crippen molar-refractivity contribution in [1.29, 1.82) is 0 Å². The average molecular weight is 291 g/mol. The fraction of sp³-hybridized carbons (Fsp3) is 0.636. The third kappa shape index (κ3) is 8.03. The minimum absolute atomic E-state index is 0.154. The van der Waals surface area contributed by atoms with Crippen LogP contribution >= 0.6 is 0 Å². The van der Waals surface area contributed by atoms with E-state index in [2.05, 4.69) is 0 Å². The number of carboxylic acid groups (broad SMARTS) is 4. The van der Waals surface area contributed by atoms with E-state index in [0.29, 0.717) is 0 Å². The number of nitrogens with zero attached hydrogens (tertiary/aromatic N) is 1. The molecule has 9 nitrogen and oxygen atoms in total. The van der Waals surface area contributed by atoms with Crippen molar-refractivity contribution in [3.05, 3.63) is 0 Å². The van der Waals surface area contributed by atoms with E-state index in [1.165, 1.54) is 4.90 Å². The summed E-state index contributed by atoms with van der Waals surface area (Å²) in [6.07, 6.45) is -1.32. The number of carbonyl (C=O) groups is 4. The smallest absolute Gasteiger partial charge is 0.320 e. The average Bonchev–Trinajstić information content (AvgIpc) is 2.30. The lowest BCUT2D eigenvalue weighted by Crippen LogP contribution is -2.43. The molecule has 0 fully saturated rings. The highest BCUT2D eigenvalue weighted by molar-refractivity contribution is 5.75. The Labute approximate surface area is 114 Å². The molecule has 1 atom stereocenters. The molecule has 114 valence electrons. The second-order valence-electron chi connectivity index (χ2n) is 4.11. The summed E-state index contributed by atoms with van der Waals surface area (Å²) in [4.78, 5) is 43.8. The van der Waals surface area contributed by atoms with E-state index in [9.17, 15) is 19.2 Å². The standard InChI is InChI=1S/C11H17NO8/c13-8(14)2-1-7(11(19)20)12(5-3-9(15)16)6-4-10(17)18/h7H,1-6H2,(H,13,14)(H,15,16)(H,17,18)(H,19,20). The van der Waals surface area contributed by atoms with Crippen LogP contribution in [0.25, 0.3) is 0 Å². The van der Waals surface area contributed by atoms with Gasteiger partial charge in [-0.15, -0.1) is 0 Å². The molecule has 1 unspecified atom stereocenters. The first-order valence-corrected chi connectivity index (χ1v) is 5.86. The first-order chi connectivity index (χ1) is 9.23. The van der Waals surface area contributed by atoms with E-state index in [0.717, 1.165) is 0 Å². The number of rotatable bonds is 11. The first-order valence-electron chi connectivity index (χ1n) is 5.86. The molecule has 0 heterocycles. The lowest BCUT2D eigenvalue weighted by atomic mass is 10.1. The van der Waals surface area contributed by atoms with Crippen molar-refractivity contribution in [2.24, 2.45) is 0 Å². The SMILES string of the molecule is O=C(O)CCC(C(=O)O)N(CCC(=O)O)CCC(=O)O. The Balaban J connectivity index is 4.77. The van der Waals surface area contributed by atoms with Gasteiger partial charge in [-0.1, -0.05) is 0 Å². The van der Waals surface area contributed by atoms with Crippen LogP contribution in [0.5, 0.6) is 0 Å². The Morgan fingerprint density at radius 1 is 0.750 bits per heavy atom. The molecule has 0 aliphatic rings. The minimum atomic E-state index is -1.30. The molecular formula is C11H17NO8. The van der Waals surface area contributed by atoms with Gasteiger partial charge in [0.2, 0.25) is 0 Å². The monoisotopic (exact) mass is 291 g/mol. The van der Waals surface area contributed by atoms with E-state index in [-0.39, 0.29) is 32.4 Å². The van der Waals surface area contributed by atoms with Gasteiger partial charge in [0.1, 0.15) is 6.04 Å². The zero-order chi connectivity index (χ0) is 15.7. The minimum Gasteiger partial charge on any atom is -0.481 e. The van der Waals surface area contributed by atoms with Gasteiger partial charge < -0.3 is 20.4 Å². The first kappa shape index (κ1) is 17.8. The molecule has 0 aromatic rings. The molecular weight excluding hydrogens is 274 g/mol. The maximum atomic E-state index is 11.1. The summed E-state index contributed by atoms with van der Waals surface area (Å²) in [6, 6.07) is -1.22. The van der Waals surface area contributed by atoms with Crippen LogP contribution in [0.2, 0.25) is 0 Å². The third-order valence-corrected chi connectivity index (χ3v) is 2.58. The molecule has 0 amide bonds. The zero-order valence-corrected chi connectivity index (χ0v) is 10.7. The Kier molecular flexibility index (Phi) is 7.90. The van der Waals surface area contributed by atoms with E-state index in [1.807, 2.05) is 0 Å². The summed E-state index contributed by atoms with van der Waals surface area (Å²) in [7, 11) is 0. The predicted molar refractivity (Wildman–Crippen MR) is 64.4 cm³/mol. The van der Waals surface area contributed by atoms with Crippen molar-refractivity contribution in [2.75, 3.05) is 13.1 Å². The van der Waals surface area contributed by atoms with Crippen LogP contribution in [0.15, 0.2) is 0 Å². The third-order valence-electron chi connectivity index (χ3n) is 2.58. The quantitative estimate of drug-likeness (QED) is 0.396. The lowest BCUT2D eigenvalue weighted by Gasteiger charge is -2.27. The maximum absolute atomic E-state index is 11.1. The lowest BCUT2D eigenvalue weighted by molar-refractivity contribution is -0.147. The summed E-state index contributed by atoms with van der Waals surface area (Å²) in [5, 5.41) is 34.8. The Bertz CT molecular complexity index is 363. The molecule has 0 spiro atoms. The fourth-order valence-corrected chi connectivity index (χ4v) is 1.62. The van der Waals surface area contributed by atoms with Crippen molar-refractivity contribution >= 4 is 23.9 Å². The Morgan fingerprint density at radius 3 is 1.45 bits per heavy atom. The highest BCUT2D eigenvalue weighted by Gasteiger charge is 2.26. The van der Waals surface area contributed by atoms with E-state index in [4.69, 9.17) is 20.4 Å². The summed E-state index contributed by atoms with van der Waals surface area (Å²) < 4.78 is 0. The number of hydrogen-bond acceptors (Lipinski definition) is 5. The van der Waals surface area contributed by atoms with Gasteiger partial charge in [0, 0.05) is 19.5 Å². The fourth-order valence-electron chi connectivity index (χ4n) is 1.62. The largest absolute Gasteiger partial charge is 0.481 e. The maximum Gasteiger partial charge on any atom is 0.320 e. The predicted octanol–water partition coefficient (Wildman–Crippen LogP) is -0.444. The van der Waals surface area contributed by atoms with Gasteiger partial charge in [-0.25, -0.2) is 0 Å². The summed E-state index contributed by atoms with van der Waals surface area (Å²) in [5.74, 6) is -4.77. The zero-order valence-electron chi connectivity index (χ0n) is 10.7. The summed E-state index contributed by atoms with van der Waals surface area (Å²) in [5.41, 5.74) is 0. The molecule has 0 aliphatic carbocycles. The van der Waals surface area contributed by atoms with Gasteiger partial charge in [0.15, 0.2) is 0 Å². The highest BCUT2D eigenvalue weighted by atomic mass is 16.4. The van der Waals surface area contributed by atoms with E-state index < -0.39 is 36.3 Å². The van der Waals surface area contributed by atoms with Gasteiger partial charge in [-0.2, -0.15) is 0 Å². The van der Waals surface area contributed by atoms with Gasteiger partial charge in [0.05, 0.1) is 12.8 Å².